The maximum absolute atomic E-state index is 10.8. The van der Waals surface area contributed by atoms with Crippen molar-refractivity contribution < 1.29 is 5.11 Å². The second kappa shape index (κ2) is 7.66. The van der Waals surface area contributed by atoms with Crippen LogP contribution in [0.2, 0.25) is 0 Å². The number of nitrogens with zero attached hydrogens (tertiary/aromatic N) is 4. The number of thiazole rings is 1. The molecule has 7 heteroatoms. The van der Waals surface area contributed by atoms with Crippen molar-refractivity contribution in [3.05, 3.63) is 69.5 Å². The zero-order valence-corrected chi connectivity index (χ0v) is 17.1. The van der Waals surface area contributed by atoms with E-state index in [2.05, 4.69) is 62.8 Å². The molecule has 0 radical (unpaired) electrons. The van der Waals surface area contributed by atoms with Crippen molar-refractivity contribution in [3.63, 3.8) is 0 Å². The highest BCUT2D eigenvalue weighted by molar-refractivity contribution is 7.17. The molecule has 4 aromatic rings. The van der Waals surface area contributed by atoms with E-state index in [4.69, 9.17) is 0 Å². The first kappa shape index (κ1) is 17.8. The van der Waals surface area contributed by atoms with E-state index in [1.54, 1.807) is 15.9 Å². The van der Waals surface area contributed by atoms with Crippen molar-refractivity contribution >= 4 is 27.6 Å². The number of aromatic hydroxyl groups is 1. The van der Waals surface area contributed by atoms with E-state index >= 15 is 0 Å². The molecule has 0 aliphatic carbocycles. The highest BCUT2D eigenvalue weighted by Gasteiger charge is 2.32. The van der Waals surface area contributed by atoms with E-state index in [0.717, 1.165) is 35.3 Å². The standard InChI is InChI=1S/C21H22N4OS2/c26-20-19(28-21-22-14-23-25(20)21)18(17-7-4-12-27-17)24-10-8-16(9-11-24)13-15-5-2-1-3-6-15/h1-7,12,14,16,18,26H,8-11,13H2. The number of rotatable bonds is 5. The molecule has 1 aromatic carbocycles. The fourth-order valence-corrected chi connectivity index (χ4v) is 6.18. The molecule has 0 spiro atoms. The van der Waals surface area contributed by atoms with Gasteiger partial charge in [-0.25, -0.2) is 4.98 Å². The minimum Gasteiger partial charge on any atom is -0.492 e. The lowest BCUT2D eigenvalue weighted by Gasteiger charge is -2.37. The summed E-state index contributed by atoms with van der Waals surface area (Å²) in [5.74, 6) is 0.945. The molecule has 1 unspecified atom stereocenters. The van der Waals surface area contributed by atoms with E-state index in [1.807, 2.05) is 0 Å². The zero-order valence-electron chi connectivity index (χ0n) is 15.4. The predicted molar refractivity (Wildman–Crippen MR) is 113 cm³/mol. The SMILES string of the molecule is Oc1c(C(c2cccs2)N2CCC(Cc3ccccc3)CC2)sc2ncnn12. The normalized spacial score (nSPS) is 17.3. The summed E-state index contributed by atoms with van der Waals surface area (Å²) in [6.07, 6.45) is 5.00. The number of likely N-dealkylation sites (tertiary alicyclic amines) is 1. The van der Waals surface area contributed by atoms with Crippen LogP contribution in [0.15, 0.2) is 54.2 Å². The number of aromatic nitrogens is 3. The van der Waals surface area contributed by atoms with Crippen LogP contribution in [0.25, 0.3) is 4.96 Å². The molecule has 1 saturated heterocycles. The van der Waals surface area contributed by atoms with Crippen molar-refractivity contribution in [2.75, 3.05) is 13.1 Å². The van der Waals surface area contributed by atoms with Gasteiger partial charge < -0.3 is 5.11 Å². The first-order chi connectivity index (χ1) is 13.8. The van der Waals surface area contributed by atoms with Gasteiger partial charge in [0.15, 0.2) is 0 Å². The number of fused-ring (bicyclic) bond motifs is 1. The van der Waals surface area contributed by atoms with Crippen LogP contribution in [0.4, 0.5) is 0 Å². The quantitative estimate of drug-likeness (QED) is 0.522. The topological polar surface area (TPSA) is 53.7 Å². The smallest absolute Gasteiger partial charge is 0.230 e. The lowest BCUT2D eigenvalue weighted by Crippen LogP contribution is -2.37. The molecular weight excluding hydrogens is 388 g/mol. The Bertz CT molecular complexity index is 1030. The van der Waals surface area contributed by atoms with Crippen LogP contribution in [-0.2, 0) is 6.42 Å². The Kier molecular flexibility index (Phi) is 4.88. The molecular formula is C21H22N4OS2. The summed E-state index contributed by atoms with van der Waals surface area (Å²) in [6, 6.07) is 15.1. The number of benzene rings is 1. The van der Waals surface area contributed by atoms with Crippen molar-refractivity contribution in [2.45, 2.75) is 25.3 Å². The number of thiophene rings is 1. The summed E-state index contributed by atoms with van der Waals surface area (Å²) in [7, 11) is 0. The van der Waals surface area contributed by atoms with Gasteiger partial charge in [0.2, 0.25) is 10.8 Å². The van der Waals surface area contributed by atoms with Gasteiger partial charge in [-0.15, -0.1) is 11.3 Å². The molecule has 4 heterocycles. The second-order valence-electron chi connectivity index (χ2n) is 7.33. The average molecular weight is 411 g/mol. The Labute approximate surface area is 171 Å². The lowest BCUT2D eigenvalue weighted by molar-refractivity contribution is 0.152. The minimum atomic E-state index is 0.0752. The van der Waals surface area contributed by atoms with Crippen molar-refractivity contribution in [1.82, 2.24) is 19.5 Å². The molecule has 0 bridgehead atoms. The van der Waals surface area contributed by atoms with Gasteiger partial charge in [-0.05, 0) is 55.3 Å². The molecule has 5 rings (SSSR count). The van der Waals surface area contributed by atoms with E-state index in [0.29, 0.717) is 0 Å². The molecule has 1 N–H and O–H groups in total. The lowest BCUT2D eigenvalue weighted by atomic mass is 9.89. The van der Waals surface area contributed by atoms with Crippen LogP contribution in [0, 0.1) is 5.92 Å². The molecule has 1 atom stereocenters. The largest absolute Gasteiger partial charge is 0.492 e. The molecule has 5 nitrogen and oxygen atoms in total. The van der Waals surface area contributed by atoms with Crippen LogP contribution < -0.4 is 0 Å². The van der Waals surface area contributed by atoms with Gasteiger partial charge in [-0.2, -0.15) is 9.61 Å². The molecule has 1 aliphatic rings. The summed E-state index contributed by atoms with van der Waals surface area (Å²) < 4.78 is 1.54. The highest BCUT2D eigenvalue weighted by atomic mass is 32.1. The summed E-state index contributed by atoms with van der Waals surface area (Å²) in [5, 5.41) is 17.0. The second-order valence-corrected chi connectivity index (χ2v) is 9.32. The zero-order chi connectivity index (χ0) is 18.9. The summed E-state index contributed by atoms with van der Waals surface area (Å²) in [4.78, 5) is 9.73. The number of piperidine rings is 1. The van der Waals surface area contributed by atoms with Crippen LogP contribution in [-0.4, -0.2) is 37.7 Å². The molecule has 3 aromatic heterocycles. The van der Waals surface area contributed by atoms with Crippen molar-refractivity contribution in [3.8, 4) is 5.88 Å². The third-order valence-electron chi connectivity index (χ3n) is 5.58. The maximum Gasteiger partial charge on any atom is 0.230 e. The fourth-order valence-electron chi connectivity index (χ4n) is 4.16. The van der Waals surface area contributed by atoms with Gasteiger partial charge in [0.25, 0.3) is 0 Å². The van der Waals surface area contributed by atoms with Crippen LogP contribution in [0.1, 0.15) is 34.2 Å². The van der Waals surface area contributed by atoms with E-state index in [-0.39, 0.29) is 11.9 Å². The maximum atomic E-state index is 10.8. The van der Waals surface area contributed by atoms with Gasteiger partial charge in [-0.1, -0.05) is 47.7 Å². The minimum absolute atomic E-state index is 0.0752. The van der Waals surface area contributed by atoms with Gasteiger partial charge >= 0.3 is 0 Å². The first-order valence-corrected chi connectivity index (χ1v) is 11.3. The molecule has 0 amide bonds. The van der Waals surface area contributed by atoms with Gasteiger partial charge in [0.1, 0.15) is 6.33 Å². The fraction of sp³-hybridized carbons (Fsp3) is 0.333. The number of hydrogen-bond donors (Lipinski definition) is 1. The summed E-state index contributed by atoms with van der Waals surface area (Å²) in [6.45, 7) is 2.07. The van der Waals surface area contributed by atoms with Crippen LogP contribution in [0.3, 0.4) is 0 Å². The Morgan fingerprint density at radius 2 is 1.93 bits per heavy atom. The highest BCUT2D eigenvalue weighted by Crippen LogP contribution is 2.42. The Morgan fingerprint density at radius 3 is 2.64 bits per heavy atom. The summed E-state index contributed by atoms with van der Waals surface area (Å²) in [5.41, 5.74) is 1.43. The van der Waals surface area contributed by atoms with Gasteiger partial charge in [-0.3, -0.25) is 4.90 Å². The predicted octanol–water partition coefficient (Wildman–Crippen LogP) is 4.60. The Morgan fingerprint density at radius 1 is 1.11 bits per heavy atom. The molecule has 1 fully saturated rings. The Balaban J connectivity index is 1.37. The molecule has 0 saturated carbocycles. The van der Waals surface area contributed by atoms with Gasteiger partial charge in [0.05, 0.1) is 10.9 Å². The summed E-state index contributed by atoms with van der Waals surface area (Å²) >= 11 is 3.29. The first-order valence-electron chi connectivity index (χ1n) is 9.62. The molecule has 28 heavy (non-hydrogen) atoms. The number of hydrogen-bond acceptors (Lipinski definition) is 6. The van der Waals surface area contributed by atoms with Gasteiger partial charge in [0, 0.05) is 4.88 Å². The van der Waals surface area contributed by atoms with Crippen LogP contribution in [0.5, 0.6) is 5.88 Å². The van der Waals surface area contributed by atoms with E-state index < -0.39 is 0 Å². The van der Waals surface area contributed by atoms with Crippen LogP contribution >= 0.6 is 22.7 Å². The van der Waals surface area contributed by atoms with Crippen molar-refractivity contribution in [1.29, 1.82) is 0 Å². The third-order valence-corrected chi connectivity index (χ3v) is 7.59. The van der Waals surface area contributed by atoms with Crippen molar-refractivity contribution in [2.24, 2.45) is 5.92 Å². The molecule has 144 valence electrons. The average Bonchev–Trinajstić information content (AvgIpc) is 3.46. The molecule has 1 aliphatic heterocycles. The monoisotopic (exact) mass is 410 g/mol. The Hall–Kier alpha value is -2.22. The van der Waals surface area contributed by atoms with E-state index in [9.17, 15) is 5.11 Å². The third kappa shape index (κ3) is 3.34. The van der Waals surface area contributed by atoms with E-state index in [1.165, 1.54) is 40.9 Å².